The normalized spacial score (nSPS) is 18.5. The van der Waals surface area contributed by atoms with Gasteiger partial charge >= 0.3 is 12.1 Å². The number of piperidine rings is 1. The second-order valence-electron chi connectivity index (χ2n) is 8.08. The average molecular weight is 462 g/mol. The molecule has 2 unspecified atom stereocenters. The van der Waals surface area contributed by atoms with Crippen molar-refractivity contribution in [2.75, 3.05) is 33.4 Å². The number of amides is 3. The highest BCUT2D eigenvalue weighted by atomic mass is 19.3. The molecular weight excluding hydrogens is 432 g/mol. The van der Waals surface area contributed by atoms with Crippen molar-refractivity contribution in [3.8, 4) is 5.75 Å². The Morgan fingerprint density at radius 2 is 1.79 bits per heavy atom. The van der Waals surface area contributed by atoms with Crippen LogP contribution in [-0.2, 0) is 4.74 Å². The Bertz CT molecular complexity index is 920. The number of carbonyl (C=O) groups is 2. The maximum Gasteiger partial charge on any atom is 0.394 e. The fraction of sp³-hybridized carbons (Fsp3) is 0.417. The van der Waals surface area contributed by atoms with Gasteiger partial charge in [0.25, 0.3) is 5.91 Å². The molecule has 33 heavy (non-hydrogen) atoms. The standard InChI is InChI=1S/C24H29F2N3O4/c1-24(25,26)33-21-10-8-17(9-11-21)19-14-20(28-22(30)18-6-4-3-5-7-18)16-29(15-19)23(31)27-12-13-32-2/h3-11,19-20H,12-16H2,1-2H3,(H,27,31)(H,28,30). The first-order valence-corrected chi connectivity index (χ1v) is 10.8. The zero-order valence-electron chi connectivity index (χ0n) is 18.7. The molecule has 9 heteroatoms. The molecule has 2 atom stereocenters. The smallest absolute Gasteiger partial charge is 0.394 e. The number of halogens is 2. The van der Waals surface area contributed by atoms with E-state index in [9.17, 15) is 18.4 Å². The molecule has 0 radical (unpaired) electrons. The number of benzene rings is 2. The van der Waals surface area contributed by atoms with E-state index in [1.807, 2.05) is 6.07 Å². The summed E-state index contributed by atoms with van der Waals surface area (Å²) in [5, 5.41) is 5.83. The minimum absolute atomic E-state index is 0.0603. The second kappa shape index (κ2) is 11.1. The lowest BCUT2D eigenvalue weighted by Crippen LogP contribution is -2.54. The lowest BCUT2D eigenvalue weighted by atomic mass is 9.88. The molecule has 1 heterocycles. The Balaban J connectivity index is 1.74. The molecule has 0 saturated carbocycles. The third kappa shape index (κ3) is 7.42. The van der Waals surface area contributed by atoms with Crippen molar-refractivity contribution >= 4 is 11.9 Å². The van der Waals surface area contributed by atoms with E-state index < -0.39 is 6.11 Å². The molecule has 0 bridgehead atoms. The summed E-state index contributed by atoms with van der Waals surface area (Å²) in [7, 11) is 1.56. The van der Waals surface area contributed by atoms with Gasteiger partial charge in [-0.1, -0.05) is 30.3 Å². The molecule has 0 spiro atoms. The van der Waals surface area contributed by atoms with Gasteiger partial charge in [0.2, 0.25) is 0 Å². The first-order chi connectivity index (χ1) is 15.7. The van der Waals surface area contributed by atoms with E-state index in [0.29, 0.717) is 45.1 Å². The number of alkyl halides is 2. The summed E-state index contributed by atoms with van der Waals surface area (Å²) in [6, 6.07) is 14.8. The van der Waals surface area contributed by atoms with Crippen molar-refractivity contribution in [2.24, 2.45) is 0 Å². The van der Waals surface area contributed by atoms with Gasteiger partial charge in [-0.2, -0.15) is 8.78 Å². The van der Waals surface area contributed by atoms with Crippen molar-refractivity contribution in [1.82, 2.24) is 15.5 Å². The monoisotopic (exact) mass is 461 g/mol. The molecule has 7 nitrogen and oxygen atoms in total. The van der Waals surface area contributed by atoms with Crippen LogP contribution in [0.5, 0.6) is 5.75 Å². The van der Waals surface area contributed by atoms with Gasteiger partial charge in [-0.25, -0.2) is 4.79 Å². The number of nitrogens with zero attached hydrogens (tertiary/aromatic N) is 1. The Morgan fingerprint density at radius 1 is 1.09 bits per heavy atom. The summed E-state index contributed by atoms with van der Waals surface area (Å²) in [5.74, 6) is -0.246. The summed E-state index contributed by atoms with van der Waals surface area (Å²) < 4.78 is 35.8. The Morgan fingerprint density at radius 3 is 2.42 bits per heavy atom. The molecule has 3 rings (SSSR count). The Kier molecular flexibility index (Phi) is 8.21. The summed E-state index contributed by atoms with van der Waals surface area (Å²) >= 11 is 0. The van der Waals surface area contributed by atoms with E-state index in [-0.39, 0.29) is 29.6 Å². The zero-order valence-corrected chi connectivity index (χ0v) is 18.7. The molecule has 3 amide bonds. The zero-order chi connectivity index (χ0) is 23.8. The highest BCUT2D eigenvalue weighted by molar-refractivity contribution is 5.94. The van der Waals surface area contributed by atoms with E-state index in [4.69, 9.17) is 4.74 Å². The molecule has 2 N–H and O–H groups in total. The molecule has 2 aromatic rings. The summed E-state index contributed by atoms with van der Waals surface area (Å²) in [6.45, 7) is 2.23. The number of likely N-dealkylation sites (tertiary alicyclic amines) is 1. The quantitative estimate of drug-likeness (QED) is 0.589. The van der Waals surface area contributed by atoms with Gasteiger partial charge in [0, 0.05) is 51.2 Å². The molecule has 2 aromatic carbocycles. The second-order valence-corrected chi connectivity index (χ2v) is 8.08. The number of rotatable bonds is 8. The van der Waals surface area contributed by atoms with Gasteiger partial charge in [-0.15, -0.1) is 0 Å². The number of methoxy groups -OCH3 is 1. The van der Waals surface area contributed by atoms with Crippen LogP contribution in [0, 0.1) is 0 Å². The van der Waals surface area contributed by atoms with Crippen LogP contribution < -0.4 is 15.4 Å². The average Bonchev–Trinajstić information content (AvgIpc) is 2.79. The van der Waals surface area contributed by atoms with Crippen LogP contribution in [0.1, 0.15) is 35.2 Å². The fourth-order valence-corrected chi connectivity index (χ4v) is 3.86. The maximum absolute atomic E-state index is 13.1. The van der Waals surface area contributed by atoms with E-state index in [1.54, 1.807) is 48.4 Å². The number of hydrogen-bond donors (Lipinski definition) is 2. The van der Waals surface area contributed by atoms with Crippen molar-refractivity contribution in [1.29, 1.82) is 0 Å². The van der Waals surface area contributed by atoms with Gasteiger partial charge in [0.15, 0.2) is 0 Å². The van der Waals surface area contributed by atoms with Crippen LogP contribution in [0.2, 0.25) is 0 Å². The largest absolute Gasteiger partial charge is 0.433 e. The first-order valence-electron chi connectivity index (χ1n) is 10.8. The van der Waals surface area contributed by atoms with Crippen LogP contribution in [0.15, 0.2) is 54.6 Å². The van der Waals surface area contributed by atoms with E-state index >= 15 is 0 Å². The fourth-order valence-electron chi connectivity index (χ4n) is 3.86. The van der Waals surface area contributed by atoms with Crippen molar-refractivity contribution in [3.05, 3.63) is 65.7 Å². The number of carbonyl (C=O) groups excluding carboxylic acids is 2. The number of nitrogens with one attached hydrogen (secondary N) is 2. The lowest BCUT2D eigenvalue weighted by molar-refractivity contribution is -0.158. The van der Waals surface area contributed by atoms with Gasteiger partial charge in [0.05, 0.1) is 6.61 Å². The van der Waals surface area contributed by atoms with E-state index in [0.717, 1.165) is 5.56 Å². The SMILES string of the molecule is COCCNC(=O)N1CC(NC(=O)c2ccccc2)CC(c2ccc(OC(C)(F)F)cc2)C1. The maximum atomic E-state index is 13.1. The van der Waals surface area contributed by atoms with Crippen LogP contribution in [0.4, 0.5) is 13.6 Å². The van der Waals surface area contributed by atoms with Crippen LogP contribution in [0.3, 0.4) is 0 Å². The Hall–Kier alpha value is -3.20. The van der Waals surface area contributed by atoms with Gasteiger partial charge in [-0.05, 0) is 36.2 Å². The van der Waals surface area contributed by atoms with Gasteiger partial charge < -0.3 is 25.0 Å². The minimum Gasteiger partial charge on any atom is -0.433 e. The predicted octanol–water partition coefficient (Wildman–Crippen LogP) is 3.62. The lowest BCUT2D eigenvalue weighted by Gasteiger charge is -2.38. The summed E-state index contributed by atoms with van der Waals surface area (Å²) in [5.41, 5.74) is 1.41. The van der Waals surface area contributed by atoms with Crippen LogP contribution in [-0.4, -0.2) is 62.3 Å². The molecule has 1 aliphatic heterocycles. The molecular formula is C24H29F2N3O4. The summed E-state index contributed by atoms with van der Waals surface area (Å²) in [4.78, 5) is 27.0. The molecule has 178 valence electrons. The third-order valence-corrected chi connectivity index (χ3v) is 5.34. The van der Waals surface area contributed by atoms with E-state index in [2.05, 4.69) is 15.4 Å². The summed E-state index contributed by atoms with van der Waals surface area (Å²) in [6.07, 6.45) is -2.67. The molecule has 1 saturated heterocycles. The van der Waals surface area contributed by atoms with Crippen molar-refractivity contribution in [3.63, 3.8) is 0 Å². The first kappa shape index (κ1) is 24.4. The number of urea groups is 1. The minimum atomic E-state index is -3.27. The number of hydrogen-bond acceptors (Lipinski definition) is 4. The molecule has 1 fully saturated rings. The Labute approximate surface area is 192 Å². The topological polar surface area (TPSA) is 79.9 Å². The van der Waals surface area contributed by atoms with Crippen LogP contribution in [0.25, 0.3) is 0 Å². The molecule has 0 aliphatic carbocycles. The van der Waals surface area contributed by atoms with Crippen molar-refractivity contribution < 1.29 is 27.8 Å². The number of ether oxygens (including phenoxy) is 2. The van der Waals surface area contributed by atoms with Gasteiger partial charge in [0.1, 0.15) is 5.75 Å². The van der Waals surface area contributed by atoms with Crippen molar-refractivity contribution in [2.45, 2.75) is 31.4 Å². The van der Waals surface area contributed by atoms with E-state index in [1.165, 1.54) is 12.1 Å². The molecule has 1 aliphatic rings. The predicted molar refractivity (Wildman–Crippen MR) is 120 cm³/mol. The highest BCUT2D eigenvalue weighted by Crippen LogP contribution is 2.30. The van der Waals surface area contributed by atoms with Crippen LogP contribution >= 0.6 is 0 Å². The van der Waals surface area contributed by atoms with Gasteiger partial charge in [-0.3, -0.25) is 4.79 Å². The third-order valence-electron chi connectivity index (χ3n) is 5.34. The highest BCUT2D eigenvalue weighted by Gasteiger charge is 2.32. The molecule has 0 aromatic heterocycles.